The average Bonchev–Trinajstić information content (AvgIpc) is 3.30. The van der Waals surface area contributed by atoms with Gasteiger partial charge in [0.2, 0.25) is 11.8 Å². The largest absolute Gasteiger partial charge is 0.389 e. The highest BCUT2D eigenvalue weighted by Gasteiger charge is 2.57. The molecule has 0 radical (unpaired) electrons. The highest BCUT2D eigenvalue weighted by atomic mass is 19.4. The van der Waals surface area contributed by atoms with E-state index in [1.54, 1.807) is 12.3 Å². The third-order valence-corrected chi connectivity index (χ3v) is 9.24. The summed E-state index contributed by atoms with van der Waals surface area (Å²) in [7, 11) is 0. The molecule has 3 aromatic rings. The first-order valence-corrected chi connectivity index (χ1v) is 15.3. The summed E-state index contributed by atoms with van der Waals surface area (Å²) < 4.78 is 94.2. The van der Waals surface area contributed by atoms with Crippen molar-refractivity contribution in [3.05, 3.63) is 41.6 Å². The fraction of sp³-hybridized carbons (Fsp3) is 0.655. The smallest absolute Gasteiger partial charge is 0.349 e. The standard InChI is InChI=1S/C29H33F7N8O2/c30-27(31)7-4-17(5-8-27)25(41-26(46)20-13-38-44(42-20)14-19-11-28(19,32)33)21-15-43-22(39-21)10-18(12-37-43)24(16-2-1-3-16)40-23(45)6-9-29(34,35)36/h10,12-13,15-17,19,24-25H,1-9,11,14H2,(H,40,45)(H,41,46)/t19?,24?,25-/m0/s1. The van der Waals surface area contributed by atoms with E-state index in [1.807, 2.05) is 0 Å². The molecule has 0 saturated heterocycles. The van der Waals surface area contributed by atoms with E-state index in [4.69, 9.17) is 0 Å². The van der Waals surface area contributed by atoms with E-state index in [0.29, 0.717) is 16.9 Å². The first-order valence-electron chi connectivity index (χ1n) is 15.3. The van der Waals surface area contributed by atoms with Crippen LogP contribution in [0.2, 0.25) is 0 Å². The van der Waals surface area contributed by atoms with Crippen LogP contribution in [0.5, 0.6) is 0 Å². The summed E-state index contributed by atoms with van der Waals surface area (Å²) in [4.78, 5) is 31.3. The molecule has 2 amide bonds. The number of imidazole rings is 1. The number of alkyl halides is 7. The second kappa shape index (κ2) is 12.1. The number of halogens is 7. The maximum atomic E-state index is 14.0. The third-order valence-electron chi connectivity index (χ3n) is 9.24. The van der Waals surface area contributed by atoms with Crippen LogP contribution in [0, 0.1) is 17.8 Å². The molecule has 3 saturated carbocycles. The minimum Gasteiger partial charge on any atom is -0.349 e. The van der Waals surface area contributed by atoms with Gasteiger partial charge in [-0.25, -0.2) is 27.1 Å². The number of nitrogens with zero attached hydrogens (tertiary/aromatic N) is 6. The van der Waals surface area contributed by atoms with Crippen LogP contribution >= 0.6 is 0 Å². The molecule has 3 aliphatic carbocycles. The summed E-state index contributed by atoms with van der Waals surface area (Å²) in [5, 5.41) is 17.9. The number of nitrogens with one attached hydrogen (secondary N) is 2. The van der Waals surface area contributed by atoms with Crippen LogP contribution in [-0.4, -0.2) is 59.4 Å². The number of aromatic nitrogens is 6. The van der Waals surface area contributed by atoms with Gasteiger partial charge in [0.05, 0.1) is 49.3 Å². The summed E-state index contributed by atoms with van der Waals surface area (Å²) in [5.74, 6) is -8.30. The molecule has 10 nitrogen and oxygen atoms in total. The fourth-order valence-corrected chi connectivity index (χ4v) is 6.18. The van der Waals surface area contributed by atoms with Crippen LogP contribution < -0.4 is 10.6 Å². The summed E-state index contributed by atoms with van der Waals surface area (Å²) in [6.07, 6.45) is -0.510. The summed E-state index contributed by atoms with van der Waals surface area (Å²) in [6, 6.07) is 0.272. The molecule has 2 unspecified atom stereocenters. The highest BCUT2D eigenvalue weighted by molar-refractivity contribution is 5.92. The van der Waals surface area contributed by atoms with Crippen LogP contribution in [0.15, 0.2) is 24.7 Å². The molecule has 3 aliphatic rings. The number of amides is 2. The first kappa shape index (κ1) is 32.2. The predicted molar refractivity (Wildman–Crippen MR) is 147 cm³/mol. The zero-order valence-electron chi connectivity index (χ0n) is 24.6. The number of fused-ring (bicyclic) bond motifs is 1. The molecule has 250 valence electrons. The van der Waals surface area contributed by atoms with Gasteiger partial charge in [-0.2, -0.15) is 28.2 Å². The van der Waals surface area contributed by atoms with Crippen LogP contribution in [0.1, 0.15) is 98.0 Å². The molecular weight excluding hydrogens is 625 g/mol. The van der Waals surface area contributed by atoms with Gasteiger partial charge in [-0.15, -0.1) is 5.10 Å². The number of carbonyl (C=O) groups excluding carboxylic acids is 2. The number of hydrogen-bond donors (Lipinski definition) is 2. The van der Waals surface area contributed by atoms with Gasteiger partial charge in [0, 0.05) is 31.6 Å². The third kappa shape index (κ3) is 7.43. The summed E-state index contributed by atoms with van der Waals surface area (Å²) in [6.45, 7) is -0.146. The van der Waals surface area contributed by atoms with Crippen LogP contribution in [-0.2, 0) is 11.3 Å². The molecular formula is C29H33F7N8O2. The Balaban J connectivity index is 1.22. The summed E-state index contributed by atoms with van der Waals surface area (Å²) in [5.41, 5.74) is 1.11. The molecule has 46 heavy (non-hydrogen) atoms. The minimum absolute atomic E-state index is 0.0176. The van der Waals surface area contributed by atoms with E-state index in [1.165, 1.54) is 10.7 Å². The first-order chi connectivity index (χ1) is 21.7. The van der Waals surface area contributed by atoms with Crippen molar-refractivity contribution < 1.29 is 40.3 Å². The Morgan fingerprint density at radius 3 is 2.30 bits per heavy atom. The normalized spacial score (nSPS) is 22.6. The van der Waals surface area contributed by atoms with E-state index in [0.717, 1.165) is 30.3 Å². The van der Waals surface area contributed by atoms with Gasteiger partial charge in [-0.05, 0) is 49.1 Å². The van der Waals surface area contributed by atoms with Crippen LogP contribution in [0.25, 0.3) is 5.65 Å². The molecule has 0 bridgehead atoms. The topological polar surface area (TPSA) is 119 Å². The van der Waals surface area contributed by atoms with Crippen molar-refractivity contribution in [1.82, 2.24) is 40.2 Å². The van der Waals surface area contributed by atoms with Gasteiger partial charge in [0.15, 0.2) is 11.3 Å². The van der Waals surface area contributed by atoms with E-state index < -0.39 is 66.6 Å². The second-order valence-corrected chi connectivity index (χ2v) is 12.7. The molecule has 0 aliphatic heterocycles. The van der Waals surface area contributed by atoms with Crippen molar-refractivity contribution >= 4 is 17.5 Å². The lowest BCUT2D eigenvalue weighted by molar-refractivity contribution is -0.144. The SMILES string of the molecule is O=C(CCC(F)(F)F)NC(c1cnn2cc([C@@H](NC(=O)c3cnn(CC4CC4(F)F)n3)C3CCC(F)(F)CC3)nc2c1)C1CCC1. The molecule has 3 heterocycles. The number of hydrogen-bond acceptors (Lipinski definition) is 6. The molecule has 3 fully saturated rings. The van der Waals surface area contributed by atoms with Gasteiger partial charge in [-0.1, -0.05) is 6.42 Å². The number of rotatable bonds is 11. The van der Waals surface area contributed by atoms with E-state index in [2.05, 4.69) is 30.9 Å². The predicted octanol–water partition coefficient (Wildman–Crippen LogP) is 5.57. The quantitative estimate of drug-likeness (QED) is 0.260. The van der Waals surface area contributed by atoms with Crippen molar-refractivity contribution in [3.8, 4) is 0 Å². The average molecular weight is 659 g/mol. The Labute approximate surface area is 258 Å². The fourth-order valence-electron chi connectivity index (χ4n) is 6.18. The van der Waals surface area contributed by atoms with Gasteiger partial charge in [0.25, 0.3) is 11.8 Å². The maximum absolute atomic E-state index is 14.0. The van der Waals surface area contributed by atoms with Crippen molar-refractivity contribution in [3.63, 3.8) is 0 Å². The molecule has 2 N–H and O–H groups in total. The maximum Gasteiger partial charge on any atom is 0.389 e. The van der Waals surface area contributed by atoms with E-state index in [-0.39, 0.29) is 50.3 Å². The van der Waals surface area contributed by atoms with Crippen molar-refractivity contribution in [2.24, 2.45) is 17.8 Å². The lowest BCUT2D eigenvalue weighted by Crippen LogP contribution is -2.37. The van der Waals surface area contributed by atoms with Crippen LogP contribution in [0.3, 0.4) is 0 Å². The lowest BCUT2D eigenvalue weighted by Gasteiger charge is -2.34. The van der Waals surface area contributed by atoms with Crippen molar-refractivity contribution in [1.29, 1.82) is 0 Å². The van der Waals surface area contributed by atoms with Crippen molar-refractivity contribution in [2.45, 2.75) is 101 Å². The van der Waals surface area contributed by atoms with Crippen molar-refractivity contribution in [2.75, 3.05) is 0 Å². The Morgan fingerprint density at radius 1 is 0.978 bits per heavy atom. The Bertz CT molecular complexity index is 1570. The zero-order chi connectivity index (χ0) is 32.9. The highest BCUT2D eigenvalue weighted by Crippen LogP contribution is 2.49. The Hall–Kier alpha value is -3.79. The van der Waals surface area contributed by atoms with Gasteiger partial charge in [-0.3, -0.25) is 9.59 Å². The molecule has 3 aromatic heterocycles. The Kier molecular flexibility index (Phi) is 8.46. The molecule has 17 heteroatoms. The molecule has 0 aromatic carbocycles. The van der Waals surface area contributed by atoms with Gasteiger partial charge >= 0.3 is 6.18 Å². The zero-order valence-corrected chi connectivity index (χ0v) is 24.6. The summed E-state index contributed by atoms with van der Waals surface area (Å²) >= 11 is 0. The molecule has 6 rings (SSSR count). The van der Waals surface area contributed by atoms with Gasteiger partial charge < -0.3 is 10.6 Å². The Morgan fingerprint density at radius 2 is 1.67 bits per heavy atom. The second-order valence-electron chi connectivity index (χ2n) is 12.7. The lowest BCUT2D eigenvalue weighted by atomic mass is 9.77. The molecule has 0 spiro atoms. The van der Waals surface area contributed by atoms with E-state index in [9.17, 15) is 40.3 Å². The minimum atomic E-state index is -4.46. The monoisotopic (exact) mass is 658 g/mol. The molecule has 3 atom stereocenters. The number of carbonyl (C=O) groups is 2. The van der Waals surface area contributed by atoms with Gasteiger partial charge in [0.1, 0.15) is 0 Å². The van der Waals surface area contributed by atoms with E-state index >= 15 is 0 Å². The van der Waals surface area contributed by atoms with Crippen LogP contribution in [0.4, 0.5) is 30.7 Å².